The van der Waals surface area contributed by atoms with E-state index < -0.39 is 5.97 Å². The lowest BCUT2D eigenvalue weighted by Crippen LogP contribution is -3.12. The number of nitrogens with two attached hydrogens (primary N) is 1. The fraction of sp³-hybridized carbons (Fsp3) is 0.625. The average Bonchev–Trinajstić information content (AvgIpc) is 3.28. The van der Waals surface area contributed by atoms with Crippen LogP contribution in [0, 0.1) is 5.92 Å². The predicted molar refractivity (Wildman–Crippen MR) is 93.3 cm³/mol. The first-order valence-corrected chi connectivity index (χ1v) is 9.25. The van der Waals surface area contributed by atoms with Gasteiger partial charge in [0.05, 0.1) is 26.3 Å². The first-order chi connectivity index (χ1) is 13.5. The molecule has 2 unspecified atom stereocenters. The summed E-state index contributed by atoms with van der Waals surface area (Å²) in [6.45, 7) is 5.85. The average molecular weight is 394 g/mol. The van der Waals surface area contributed by atoms with Crippen LogP contribution in [0.2, 0.25) is 0 Å². The molecule has 1 aliphatic rings. The molecule has 0 bridgehead atoms. The number of anilines is 1. The van der Waals surface area contributed by atoms with Crippen molar-refractivity contribution in [3.05, 3.63) is 11.4 Å². The Bertz CT molecular complexity index is 833. The molecule has 12 nitrogen and oxygen atoms in total. The minimum Gasteiger partial charge on any atom is -0.466 e. The van der Waals surface area contributed by atoms with Crippen molar-refractivity contribution in [2.75, 3.05) is 32.0 Å². The van der Waals surface area contributed by atoms with Crippen LogP contribution < -0.4 is 10.6 Å². The number of likely N-dealkylation sites (tertiary alicyclic amines) is 1. The zero-order chi connectivity index (χ0) is 20.1. The van der Waals surface area contributed by atoms with Gasteiger partial charge in [0.15, 0.2) is 5.69 Å². The highest BCUT2D eigenvalue weighted by Crippen LogP contribution is 2.17. The highest BCUT2D eigenvalue weighted by atomic mass is 16.6. The maximum atomic E-state index is 12.3. The molecule has 3 rings (SSSR count). The fourth-order valence-electron chi connectivity index (χ4n) is 3.34. The van der Waals surface area contributed by atoms with Gasteiger partial charge in [-0.3, -0.25) is 4.79 Å². The number of nitrogen functional groups attached to an aromatic ring is 1. The molecule has 0 amide bonds. The number of hydrogen-bond donors (Lipinski definition) is 2. The number of rotatable bonds is 7. The smallest absolute Gasteiger partial charge is 0.361 e. The number of quaternary nitrogens is 1. The minimum atomic E-state index is -0.586. The van der Waals surface area contributed by atoms with Gasteiger partial charge in [-0.15, -0.1) is 5.10 Å². The van der Waals surface area contributed by atoms with Crippen molar-refractivity contribution >= 4 is 17.8 Å². The van der Waals surface area contributed by atoms with Crippen LogP contribution in [0.1, 0.15) is 42.9 Å². The van der Waals surface area contributed by atoms with E-state index in [0.717, 1.165) is 24.3 Å². The van der Waals surface area contributed by atoms with Gasteiger partial charge in [-0.1, -0.05) is 5.21 Å². The third-order valence-electron chi connectivity index (χ3n) is 4.58. The molecular formula is C16H24N7O5+. The van der Waals surface area contributed by atoms with Gasteiger partial charge in [0.25, 0.3) is 0 Å². The molecule has 0 spiro atoms. The van der Waals surface area contributed by atoms with Crippen molar-refractivity contribution in [2.45, 2.75) is 33.2 Å². The molecule has 0 saturated carbocycles. The van der Waals surface area contributed by atoms with E-state index >= 15 is 0 Å². The molecule has 1 saturated heterocycles. The molecular weight excluding hydrogens is 370 g/mol. The number of carbonyl (C=O) groups excluding carboxylic acids is 2. The van der Waals surface area contributed by atoms with Crippen LogP contribution in [0.25, 0.3) is 5.82 Å². The maximum absolute atomic E-state index is 12.3. The van der Waals surface area contributed by atoms with Crippen molar-refractivity contribution in [1.82, 2.24) is 25.3 Å². The largest absolute Gasteiger partial charge is 0.466 e. The summed E-state index contributed by atoms with van der Waals surface area (Å²) in [4.78, 5) is 25.5. The van der Waals surface area contributed by atoms with Gasteiger partial charge in [-0.25, -0.2) is 9.42 Å². The summed E-state index contributed by atoms with van der Waals surface area (Å²) in [6.07, 6.45) is 1.65. The van der Waals surface area contributed by atoms with E-state index in [-0.39, 0.29) is 35.8 Å². The van der Waals surface area contributed by atoms with Gasteiger partial charge in [-0.05, 0) is 37.0 Å². The second kappa shape index (κ2) is 8.78. The number of nitrogens with zero attached hydrogens (tertiary/aromatic N) is 5. The standard InChI is InChI=1S/C16H23N7O5/c1-3-26-15(24)10-6-5-7-22(8-10)9-11-12(16(25)27-4-2)18-21-23(11)14-13(17)19-28-20-14/h10H,3-9H2,1-2H3,(H2,17,19)/p+1. The molecule has 12 heteroatoms. The minimum absolute atomic E-state index is 0.0274. The summed E-state index contributed by atoms with van der Waals surface area (Å²) in [5.41, 5.74) is 6.32. The lowest BCUT2D eigenvalue weighted by Gasteiger charge is -2.28. The van der Waals surface area contributed by atoms with E-state index in [4.69, 9.17) is 15.2 Å². The Kier molecular flexibility index (Phi) is 6.19. The van der Waals surface area contributed by atoms with Crippen molar-refractivity contribution in [1.29, 1.82) is 0 Å². The van der Waals surface area contributed by atoms with E-state index in [9.17, 15) is 9.59 Å². The third kappa shape index (κ3) is 4.11. The number of carbonyl (C=O) groups is 2. The molecule has 152 valence electrons. The summed E-state index contributed by atoms with van der Waals surface area (Å²) in [5.74, 6) is -0.784. The van der Waals surface area contributed by atoms with E-state index in [1.807, 2.05) is 0 Å². The van der Waals surface area contributed by atoms with Gasteiger partial charge in [0, 0.05) is 0 Å². The predicted octanol–water partition coefficient (Wildman–Crippen LogP) is -1.23. The number of hydrogen-bond acceptors (Lipinski definition) is 10. The van der Waals surface area contributed by atoms with Gasteiger partial charge in [0.2, 0.25) is 11.6 Å². The van der Waals surface area contributed by atoms with Crippen LogP contribution in [0.4, 0.5) is 5.82 Å². The van der Waals surface area contributed by atoms with Gasteiger partial charge >= 0.3 is 11.9 Å². The van der Waals surface area contributed by atoms with Gasteiger partial charge < -0.3 is 20.1 Å². The molecule has 2 aromatic heterocycles. The quantitative estimate of drug-likeness (QED) is 0.546. The Morgan fingerprint density at radius 3 is 2.75 bits per heavy atom. The molecule has 2 atom stereocenters. The topological polar surface area (TPSA) is 153 Å². The second-order valence-corrected chi connectivity index (χ2v) is 6.46. The summed E-state index contributed by atoms with van der Waals surface area (Å²) in [5, 5.41) is 15.2. The van der Waals surface area contributed by atoms with E-state index in [2.05, 4.69) is 25.3 Å². The number of aromatic nitrogens is 5. The maximum Gasteiger partial charge on any atom is 0.361 e. The van der Waals surface area contributed by atoms with Crippen LogP contribution >= 0.6 is 0 Å². The second-order valence-electron chi connectivity index (χ2n) is 6.46. The van der Waals surface area contributed by atoms with Crippen molar-refractivity contribution < 1.29 is 28.6 Å². The fourth-order valence-corrected chi connectivity index (χ4v) is 3.34. The van der Waals surface area contributed by atoms with E-state index in [1.165, 1.54) is 4.68 Å². The lowest BCUT2D eigenvalue weighted by molar-refractivity contribution is -0.921. The molecule has 0 aliphatic carbocycles. The Hall–Kier alpha value is -3.02. The molecule has 0 aromatic carbocycles. The summed E-state index contributed by atoms with van der Waals surface area (Å²) in [6, 6.07) is 0. The molecule has 3 N–H and O–H groups in total. The van der Waals surface area contributed by atoms with Crippen molar-refractivity contribution in [3.8, 4) is 5.82 Å². The zero-order valence-corrected chi connectivity index (χ0v) is 15.9. The molecule has 0 radical (unpaired) electrons. The molecule has 2 aromatic rings. The van der Waals surface area contributed by atoms with Crippen LogP contribution in [0.3, 0.4) is 0 Å². The van der Waals surface area contributed by atoms with E-state index in [0.29, 0.717) is 25.4 Å². The van der Waals surface area contributed by atoms with Crippen molar-refractivity contribution in [3.63, 3.8) is 0 Å². The molecule has 3 heterocycles. The number of nitrogens with one attached hydrogen (secondary N) is 1. The molecule has 1 aliphatic heterocycles. The van der Waals surface area contributed by atoms with Gasteiger partial charge in [-0.2, -0.15) is 4.68 Å². The monoisotopic (exact) mass is 394 g/mol. The number of esters is 2. The Balaban J connectivity index is 1.87. The molecule has 1 fully saturated rings. The first kappa shape index (κ1) is 19.7. The zero-order valence-electron chi connectivity index (χ0n) is 15.9. The SMILES string of the molecule is CCOC(=O)c1nnn(-c2nonc2N)c1C[NH+]1CCCC(C(=O)OCC)C1. The first-order valence-electron chi connectivity index (χ1n) is 9.25. The van der Waals surface area contributed by atoms with Crippen LogP contribution in [-0.2, 0) is 20.8 Å². The van der Waals surface area contributed by atoms with Crippen molar-refractivity contribution in [2.24, 2.45) is 5.92 Å². The van der Waals surface area contributed by atoms with Gasteiger partial charge in [0.1, 0.15) is 18.2 Å². The highest BCUT2D eigenvalue weighted by Gasteiger charge is 2.33. The lowest BCUT2D eigenvalue weighted by atomic mass is 9.98. The third-order valence-corrected chi connectivity index (χ3v) is 4.58. The Labute approximate surface area is 160 Å². The number of ether oxygens (including phenoxy) is 2. The Morgan fingerprint density at radius 1 is 1.29 bits per heavy atom. The highest BCUT2D eigenvalue weighted by molar-refractivity contribution is 5.88. The Morgan fingerprint density at radius 2 is 2.07 bits per heavy atom. The summed E-state index contributed by atoms with van der Waals surface area (Å²) < 4.78 is 16.2. The van der Waals surface area contributed by atoms with Crippen LogP contribution in [0.5, 0.6) is 0 Å². The molecule has 28 heavy (non-hydrogen) atoms. The van der Waals surface area contributed by atoms with Crippen LogP contribution in [-0.4, -0.2) is 63.5 Å². The normalized spacial score (nSPS) is 19.4. The summed E-state index contributed by atoms with van der Waals surface area (Å²) >= 11 is 0. The number of piperidine rings is 1. The van der Waals surface area contributed by atoms with Crippen LogP contribution in [0.15, 0.2) is 4.63 Å². The summed E-state index contributed by atoms with van der Waals surface area (Å²) in [7, 11) is 0. The van der Waals surface area contributed by atoms with E-state index in [1.54, 1.807) is 13.8 Å².